The van der Waals surface area contributed by atoms with Crippen molar-refractivity contribution < 1.29 is 14.0 Å². The van der Waals surface area contributed by atoms with Gasteiger partial charge in [-0.1, -0.05) is 40.9 Å². The second kappa shape index (κ2) is 8.97. The lowest BCUT2D eigenvalue weighted by Gasteiger charge is -2.08. The molecule has 28 heavy (non-hydrogen) atoms. The van der Waals surface area contributed by atoms with Gasteiger partial charge in [0.1, 0.15) is 0 Å². The predicted molar refractivity (Wildman–Crippen MR) is 112 cm³/mol. The van der Waals surface area contributed by atoms with Gasteiger partial charge in [-0.15, -0.1) is 0 Å². The monoisotopic (exact) mass is 434 g/mol. The van der Waals surface area contributed by atoms with Crippen LogP contribution in [-0.4, -0.2) is 11.8 Å². The summed E-state index contributed by atoms with van der Waals surface area (Å²) in [7, 11) is 0. The molecule has 0 unspecified atom stereocenters. The maximum atomic E-state index is 12.1. The zero-order valence-corrected chi connectivity index (χ0v) is 16.5. The van der Waals surface area contributed by atoms with Gasteiger partial charge in [0, 0.05) is 21.8 Å². The molecule has 0 radical (unpaired) electrons. The highest BCUT2D eigenvalue weighted by Gasteiger charge is 2.11. The minimum atomic E-state index is -0.425. The largest absolute Gasteiger partial charge is 0.459 e. The fourth-order valence-electron chi connectivity index (χ4n) is 2.27. The van der Waals surface area contributed by atoms with Crippen molar-refractivity contribution in [3.63, 3.8) is 0 Å². The van der Waals surface area contributed by atoms with Crippen molar-refractivity contribution in [3.8, 4) is 0 Å². The summed E-state index contributed by atoms with van der Waals surface area (Å²) in [5.74, 6) is -0.625. The number of rotatable bonds is 5. The number of amides is 2. The second-order valence-corrected chi connectivity index (χ2v) is 6.87. The first-order valence-corrected chi connectivity index (χ1v) is 9.14. The molecule has 0 bridgehead atoms. The molecular weight excluding hydrogens is 423 g/mol. The Kier molecular flexibility index (Phi) is 6.41. The fourth-order valence-corrected chi connectivity index (χ4v) is 2.97. The van der Waals surface area contributed by atoms with Crippen LogP contribution >= 0.6 is 34.8 Å². The summed E-state index contributed by atoms with van der Waals surface area (Å²) < 4.78 is 5.03. The van der Waals surface area contributed by atoms with E-state index in [0.29, 0.717) is 27.0 Å². The van der Waals surface area contributed by atoms with Crippen molar-refractivity contribution in [1.29, 1.82) is 0 Å². The first kappa shape index (κ1) is 20.0. The van der Waals surface area contributed by atoms with E-state index in [1.54, 1.807) is 42.5 Å². The van der Waals surface area contributed by atoms with Crippen LogP contribution in [0.25, 0.3) is 6.08 Å². The van der Waals surface area contributed by atoms with Gasteiger partial charge in [-0.2, -0.15) is 0 Å². The minimum absolute atomic E-state index is 0.166. The fraction of sp³-hybridized carbons (Fsp3) is 0. The zero-order chi connectivity index (χ0) is 20.1. The number of carbonyl (C=O) groups excluding carboxylic acids is 2. The van der Waals surface area contributed by atoms with Crippen LogP contribution < -0.4 is 10.6 Å². The molecule has 1 aromatic heterocycles. The Morgan fingerprint density at radius 2 is 1.75 bits per heavy atom. The molecule has 3 aromatic rings. The summed E-state index contributed by atoms with van der Waals surface area (Å²) in [6.45, 7) is 0. The van der Waals surface area contributed by atoms with Gasteiger partial charge in [0.25, 0.3) is 5.91 Å². The van der Waals surface area contributed by atoms with Crippen molar-refractivity contribution in [2.24, 2.45) is 0 Å². The highest BCUT2D eigenvalue weighted by molar-refractivity contribution is 6.35. The first-order valence-electron chi connectivity index (χ1n) is 8.01. The minimum Gasteiger partial charge on any atom is -0.459 e. The average molecular weight is 436 g/mol. The van der Waals surface area contributed by atoms with Crippen LogP contribution in [0.1, 0.15) is 16.1 Å². The third-order valence-corrected chi connectivity index (χ3v) is 4.48. The van der Waals surface area contributed by atoms with E-state index >= 15 is 0 Å². The van der Waals surface area contributed by atoms with E-state index in [1.807, 2.05) is 0 Å². The smallest absolute Gasteiger partial charge is 0.291 e. The maximum absolute atomic E-state index is 12.1. The zero-order valence-electron chi connectivity index (χ0n) is 14.2. The van der Waals surface area contributed by atoms with Crippen molar-refractivity contribution in [1.82, 2.24) is 0 Å². The van der Waals surface area contributed by atoms with Gasteiger partial charge < -0.3 is 15.1 Å². The lowest BCUT2D eigenvalue weighted by molar-refractivity contribution is -0.111. The van der Waals surface area contributed by atoms with Crippen LogP contribution in [0.5, 0.6) is 0 Å². The van der Waals surface area contributed by atoms with Crippen molar-refractivity contribution >= 4 is 64.1 Å². The summed E-state index contributed by atoms with van der Waals surface area (Å²) in [4.78, 5) is 24.1. The second-order valence-electron chi connectivity index (χ2n) is 5.61. The van der Waals surface area contributed by atoms with Crippen LogP contribution in [-0.2, 0) is 4.79 Å². The normalized spacial score (nSPS) is 10.8. The van der Waals surface area contributed by atoms with E-state index in [0.717, 1.165) is 0 Å². The number of hydrogen-bond donors (Lipinski definition) is 2. The molecule has 3 rings (SSSR count). The molecule has 0 aliphatic rings. The van der Waals surface area contributed by atoms with Gasteiger partial charge in [-0.3, -0.25) is 9.59 Å². The molecule has 2 amide bonds. The topological polar surface area (TPSA) is 71.3 Å². The van der Waals surface area contributed by atoms with Crippen molar-refractivity contribution in [3.05, 3.63) is 87.3 Å². The van der Waals surface area contributed by atoms with E-state index in [4.69, 9.17) is 39.2 Å². The lowest BCUT2D eigenvalue weighted by Crippen LogP contribution is -2.12. The number of benzene rings is 2. The van der Waals surface area contributed by atoms with E-state index < -0.39 is 5.91 Å². The van der Waals surface area contributed by atoms with E-state index in [1.165, 1.54) is 24.5 Å². The van der Waals surface area contributed by atoms with E-state index in [-0.39, 0.29) is 16.7 Å². The molecule has 2 aromatic carbocycles. The molecule has 1 heterocycles. The summed E-state index contributed by atoms with van der Waals surface area (Å²) in [5, 5.41) is 6.54. The van der Waals surface area contributed by atoms with Gasteiger partial charge in [-0.05, 0) is 54.1 Å². The molecule has 0 aliphatic heterocycles. The van der Waals surface area contributed by atoms with Crippen LogP contribution in [0, 0.1) is 0 Å². The molecule has 0 saturated carbocycles. The highest BCUT2D eigenvalue weighted by atomic mass is 35.5. The number of furan rings is 1. The third kappa shape index (κ3) is 5.16. The maximum Gasteiger partial charge on any atom is 0.291 e. The molecule has 0 aliphatic carbocycles. The first-order chi connectivity index (χ1) is 13.4. The molecule has 0 saturated heterocycles. The Hall–Kier alpha value is -2.73. The van der Waals surface area contributed by atoms with Gasteiger partial charge >= 0.3 is 0 Å². The SMILES string of the molecule is O=C(/C=C/c1ccc(Cl)cc1Cl)Nc1ccc(NC(=O)c2ccco2)c(Cl)c1. The molecule has 2 N–H and O–H groups in total. The lowest BCUT2D eigenvalue weighted by atomic mass is 10.2. The molecule has 5 nitrogen and oxygen atoms in total. The van der Waals surface area contributed by atoms with Gasteiger partial charge in [0.15, 0.2) is 5.76 Å². The van der Waals surface area contributed by atoms with Gasteiger partial charge in [0.2, 0.25) is 5.91 Å². The molecular formula is C20H13Cl3N2O3. The summed E-state index contributed by atoms with van der Waals surface area (Å²) >= 11 is 18.1. The third-order valence-electron chi connectivity index (χ3n) is 3.61. The Morgan fingerprint density at radius 3 is 2.43 bits per heavy atom. The Morgan fingerprint density at radius 1 is 0.929 bits per heavy atom. The number of hydrogen-bond acceptors (Lipinski definition) is 3. The van der Waals surface area contributed by atoms with E-state index in [2.05, 4.69) is 10.6 Å². The standard InChI is InChI=1S/C20H13Cl3N2O3/c21-13-5-3-12(15(22)10-13)4-8-19(26)24-14-6-7-17(16(23)11-14)25-20(27)18-2-1-9-28-18/h1-11H,(H,24,26)(H,25,27)/b8-4+. The average Bonchev–Trinajstić information content (AvgIpc) is 3.18. The van der Waals surface area contributed by atoms with Crippen LogP contribution in [0.3, 0.4) is 0 Å². The molecule has 0 fully saturated rings. The van der Waals surface area contributed by atoms with Crippen molar-refractivity contribution in [2.45, 2.75) is 0 Å². The van der Waals surface area contributed by atoms with E-state index in [9.17, 15) is 9.59 Å². The van der Waals surface area contributed by atoms with Crippen LogP contribution in [0.4, 0.5) is 11.4 Å². The summed E-state index contributed by atoms with van der Waals surface area (Å²) in [6.07, 6.45) is 4.32. The van der Waals surface area contributed by atoms with Gasteiger partial charge in [0.05, 0.1) is 17.0 Å². The molecule has 142 valence electrons. The number of carbonyl (C=O) groups is 2. The number of halogens is 3. The Bertz CT molecular complexity index is 1050. The number of anilines is 2. The molecule has 8 heteroatoms. The molecule has 0 atom stereocenters. The predicted octanol–water partition coefficient (Wildman–Crippen LogP) is 6.14. The van der Waals surface area contributed by atoms with Gasteiger partial charge in [-0.25, -0.2) is 0 Å². The Balaban J connectivity index is 1.64. The van der Waals surface area contributed by atoms with Crippen molar-refractivity contribution in [2.75, 3.05) is 10.6 Å². The number of nitrogens with one attached hydrogen (secondary N) is 2. The van der Waals surface area contributed by atoms with Crippen LogP contribution in [0.2, 0.25) is 15.1 Å². The van der Waals surface area contributed by atoms with Crippen LogP contribution in [0.15, 0.2) is 65.3 Å². The Labute approximate surface area is 175 Å². The molecule has 0 spiro atoms. The quantitative estimate of drug-likeness (QED) is 0.473. The summed E-state index contributed by atoms with van der Waals surface area (Å²) in [6, 6.07) is 12.9. The highest BCUT2D eigenvalue weighted by Crippen LogP contribution is 2.26. The summed E-state index contributed by atoms with van der Waals surface area (Å²) in [5.41, 5.74) is 1.53.